The summed E-state index contributed by atoms with van der Waals surface area (Å²) in [6, 6.07) is 15.2. The van der Waals surface area contributed by atoms with Crippen LogP contribution in [0.2, 0.25) is 0 Å². The topological polar surface area (TPSA) is 23.8 Å². The van der Waals surface area contributed by atoms with Gasteiger partial charge in [-0.15, -0.1) is 0 Å². The van der Waals surface area contributed by atoms with Crippen LogP contribution in [0.3, 0.4) is 0 Å². The van der Waals surface area contributed by atoms with Crippen LogP contribution in [0.25, 0.3) is 0 Å². The molecule has 2 aromatic carbocycles. The van der Waals surface area contributed by atoms with Gasteiger partial charge < -0.3 is 0 Å². The zero-order valence-electron chi connectivity index (χ0n) is 10.9. The van der Waals surface area contributed by atoms with Gasteiger partial charge in [-0.05, 0) is 54.2 Å². The van der Waals surface area contributed by atoms with Crippen molar-refractivity contribution in [1.82, 2.24) is 0 Å². The van der Waals surface area contributed by atoms with E-state index in [2.05, 4.69) is 28.1 Å². The Morgan fingerprint density at radius 1 is 1.25 bits per heavy atom. The molecular formula is C17H13BrFN. The van der Waals surface area contributed by atoms with Crippen molar-refractivity contribution >= 4 is 15.9 Å². The molecule has 0 amide bonds. The van der Waals surface area contributed by atoms with Crippen LogP contribution in [-0.2, 0) is 18.3 Å². The van der Waals surface area contributed by atoms with E-state index in [1.807, 2.05) is 18.2 Å². The minimum Gasteiger partial charge on any atom is -0.207 e. The Morgan fingerprint density at radius 3 is 2.85 bits per heavy atom. The van der Waals surface area contributed by atoms with E-state index in [-0.39, 0.29) is 5.82 Å². The zero-order valence-corrected chi connectivity index (χ0v) is 12.5. The summed E-state index contributed by atoms with van der Waals surface area (Å²) in [6.45, 7) is 0. The molecular weight excluding hydrogens is 317 g/mol. The fraction of sp³-hybridized carbons (Fsp3) is 0.235. The minimum atomic E-state index is -0.535. The lowest BCUT2D eigenvalue weighted by atomic mass is 9.78. The Bertz CT molecular complexity index is 704. The number of benzene rings is 2. The van der Waals surface area contributed by atoms with Crippen LogP contribution < -0.4 is 0 Å². The first-order valence-electron chi connectivity index (χ1n) is 6.58. The van der Waals surface area contributed by atoms with Gasteiger partial charge in [0.15, 0.2) is 0 Å². The second-order valence-corrected chi connectivity index (χ2v) is 6.12. The van der Waals surface area contributed by atoms with E-state index in [1.54, 1.807) is 6.07 Å². The molecule has 0 heterocycles. The molecule has 1 atom stereocenters. The summed E-state index contributed by atoms with van der Waals surface area (Å²) in [5.74, 6) is -0.262. The first-order valence-corrected chi connectivity index (χ1v) is 7.37. The molecule has 0 saturated heterocycles. The van der Waals surface area contributed by atoms with Gasteiger partial charge in [-0.2, -0.15) is 5.26 Å². The van der Waals surface area contributed by atoms with Crippen molar-refractivity contribution in [3.05, 3.63) is 69.4 Å². The van der Waals surface area contributed by atoms with Crippen LogP contribution in [0.1, 0.15) is 23.1 Å². The van der Waals surface area contributed by atoms with Gasteiger partial charge in [0, 0.05) is 4.47 Å². The van der Waals surface area contributed by atoms with Gasteiger partial charge in [0.1, 0.15) is 5.82 Å². The highest BCUT2D eigenvalue weighted by Gasteiger charge is 2.39. The van der Waals surface area contributed by atoms with Crippen molar-refractivity contribution in [2.75, 3.05) is 0 Å². The van der Waals surface area contributed by atoms with Gasteiger partial charge in [0.25, 0.3) is 0 Å². The molecule has 0 N–H and O–H groups in total. The summed E-state index contributed by atoms with van der Waals surface area (Å²) in [5, 5.41) is 9.73. The Morgan fingerprint density at radius 2 is 2.05 bits per heavy atom. The minimum absolute atomic E-state index is 0.262. The van der Waals surface area contributed by atoms with E-state index in [0.29, 0.717) is 6.42 Å². The number of nitrogens with zero attached hydrogens (tertiary/aromatic N) is 1. The molecule has 1 aliphatic carbocycles. The largest absolute Gasteiger partial charge is 0.207 e. The lowest BCUT2D eigenvalue weighted by Gasteiger charge is -2.23. The van der Waals surface area contributed by atoms with Crippen LogP contribution in [-0.4, -0.2) is 0 Å². The summed E-state index contributed by atoms with van der Waals surface area (Å²) < 4.78 is 14.3. The third kappa shape index (κ3) is 2.14. The third-order valence-corrected chi connectivity index (χ3v) is 4.84. The first kappa shape index (κ1) is 13.3. The number of rotatable bonds is 2. The van der Waals surface area contributed by atoms with E-state index in [4.69, 9.17) is 0 Å². The van der Waals surface area contributed by atoms with E-state index in [1.165, 1.54) is 17.7 Å². The second-order valence-electron chi connectivity index (χ2n) is 5.26. The second kappa shape index (κ2) is 5.03. The molecule has 3 heteroatoms. The quantitative estimate of drug-likeness (QED) is 0.793. The van der Waals surface area contributed by atoms with Gasteiger partial charge in [-0.1, -0.05) is 40.2 Å². The average molecular weight is 330 g/mol. The highest BCUT2D eigenvalue weighted by atomic mass is 79.9. The van der Waals surface area contributed by atoms with Crippen LogP contribution in [0.5, 0.6) is 0 Å². The van der Waals surface area contributed by atoms with Gasteiger partial charge in [-0.25, -0.2) is 4.39 Å². The predicted molar refractivity (Wildman–Crippen MR) is 79.9 cm³/mol. The van der Waals surface area contributed by atoms with Crippen molar-refractivity contribution in [2.24, 2.45) is 0 Å². The van der Waals surface area contributed by atoms with Crippen molar-refractivity contribution in [2.45, 2.75) is 24.7 Å². The average Bonchev–Trinajstić information content (AvgIpc) is 2.83. The molecule has 1 nitrogen and oxygen atoms in total. The van der Waals surface area contributed by atoms with Gasteiger partial charge in [-0.3, -0.25) is 0 Å². The predicted octanol–water partition coefficient (Wildman–Crippen LogP) is 4.54. The molecule has 0 bridgehead atoms. The molecule has 0 radical (unpaired) electrons. The van der Waals surface area contributed by atoms with E-state index < -0.39 is 5.41 Å². The SMILES string of the molecule is N#CC1(Cc2cc(F)ccc2Br)CCc2ccccc21. The molecule has 0 aromatic heterocycles. The summed E-state index contributed by atoms with van der Waals surface area (Å²) in [4.78, 5) is 0. The Labute approximate surface area is 126 Å². The molecule has 0 fully saturated rings. The van der Waals surface area contributed by atoms with E-state index in [0.717, 1.165) is 28.4 Å². The fourth-order valence-electron chi connectivity index (χ4n) is 3.03. The highest BCUT2D eigenvalue weighted by molar-refractivity contribution is 9.10. The Balaban J connectivity index is 2.05. The maximum atomic E-state index is 13.4. The van der Waals surface area contributed by atoms with Gasteiger partial charge in [0.05, 0.1) is 11.5 Å². The summed E-state index contributed by atoms with van der Waals surface area (Å²) in [6.07, 6.45) is 2.25. The molecule has 0 spiro atoms. The van der Waals surface area contributed by atoms with Crippen molar-refractivity contribution in [1.29, 1.82) is 5.26 Å². The number of fused-ring (bicyclic) bond motifs is 1. The zero-order chi connectivity index (χ0) is 14.2. The molecule has 0 saturated carbocycles. The fourth-order valence-corrected chi connectivity index (χ4v) is 3.42. The molecule has 3 rings (SSSR count). The van der Waals surface area contributed by atoms with E-state index >= 15 is 0 Å². The molecule has 2 aromatic rings. The number of hydrogen-bond donors (Lipinski definition) is 0. The van der Waals surface area contributed by atoms with Gasteiger partial charge in [0.2, 0.25) is 0 Å². The molecule has 0 aliphatic heterocycles. The van der Waals surface area contributed by atoms with Crippen LogP contribution in [0.15, 0.2) is 46.9 Å². The lowest BCUT2D eigenvalue weighted by Crippen LogP contribution is -2.24. The maximum Gasteiger partial charge on any atom is 0.123 e. The lowest BCUT2D eigenvalue weighted by molar-refractivity contribution is 0.536. The highest BCUT2D eigenvalue weighted by Crippen LogP contribution is 2.42. The van der Waals surface area contributed by atoms with Gasteiger partial charge >= 0.3 is 0 Å². The van der Waals surface area contributed by atoms with Crippen molar-refractivity contribution in [3.63, 3.8) is 0 Å². The molecule has 100 valence electrons. The summed E-state index contributed by atoms with van der Waals surface area (Å²) in [5.41, 5.74) is 2.65. The monoisotopic (exact) mass is 329 g/mol. The normalized spacial score (nSPS) is 20.4. The Kier molecular flexibility index (Phi) is 3.35. The number of aryl methyl sites for hydroxylation is 1. The third-order valence-electron chi connectivity index (χ3n) is 4.07. The van der Waals surface area contributed by atoms with E-state index in [9.17, 15) is 9.65 Å². The Hall–Kier alpha value is -1.66. The summed E-state index contributed by atoms with van der Waals surface area (Å²) >= 11 is 3.45. The standard InChI is InChI=1S/C17H13BrFN/c18-16-6-5-14(19)9-13(16)10-17(11-20)8-7-12-3-1-2-4-15(12)17/h1-6,9H,7-8,10H2. The molecule has 1 aliphatic rings. The number of hydrogen-bond acceptors (Lipinski definition) is 1. The van der Waals surface area contributed by atoms with Crippen molar-refractivity contribution in [3.8, 4) is 6.07 Å². The first-order chi connectivity index (χ1) is 9.64. The summed E-state index contributed by atoms with van der Waals surface area (Å²) in [7, 11) is 0. The van der Waals surface area contributed by atoms with Crippen LogP contribution >= 0.6 is 15.9 Å². The smallest absolute Gasteiger partial charge is 0.123 e. The number of nitriles is 1. The molecule has 1 unspecified atom stereocenters. The maximum absolute atomic E-state index is 13.4. The molecule has 20 heavy (non-hydrogen) atoms. The van der Waals surface area contributed by atoms with Crippen LogP contribution in [0, 0.1) is 17.1 Å². The van der Waals surface area contributed by atoms with Crippen molar-refractivity contribution < 1.29 is 4.39 Å². The van der Waals surface area contributed by atoms with Crippen LogP contribution in [0.4, 0.5) is 4.39 Å². The number of halogens is 2.